The first-order valence-electron chi connectivity index (χ1n) is 8.45. The average molecular weight is 344 g/mol. The second kappa shape index (κ2) is 7.43. The van der Waals surface area contributed by atoms with Crippen LogP contribution in [0.4, 0.5) is 0 Å². The summed E-state index contributed by atoms with van der Waals surface area (Å²) in [7, 11) is 0. The van der Waals surface area contributed by atoms with Gasteiger partial charge in [0.15, 0.2) is 0 Å². The van der Waals surface area contributed by atoms with Crippen molar-refractivity contribution in [3.63, 3.8) is 0 Å². The van der Waals surface area contributed by atoms with Gasteiger partial charge in [-0.3, -0.25) is 4.79 Å². The topological polar surface area (TPSA) is 46.3 Å². The summed E-state index contributed by atoms with van der Waals surface area (Å²) >= 11 is 1.94. The molecule has 0 aliphatic carbocycles. The first kappa shape index (κ1) is 17.1. The maximum Gasteiger partial charge on any atom is 0.223 e. The fourth-order valence-electron chi connectivity index (χ4n) is 3.44. The molecule has 2 aromatic rings. The van der Waals surface area contributed by atoms with Crippen molar-refractivity contribution in [3.8, 4) is 0 Å². The fourth-order valence-corrected chi connectivity index (χ4v) is 4.60. The van der Waals surface area contributed by atoms with Crippen molar-refractivity contribution < 1.29 is 9.32 Å². The summed E-state index contributed by atoms with van der Waals surface area (Å²) in [5.74, 6) is 2.04. The lowest BCUT2D eigenvalue weighted by atomic mass is 10.0. The van der Waals surface area contributed by atoms with Crippen molar-refractivity contribution in [1.29, 1.82) is 0 Å². The molecular formula is C19H24N2O2S. The minimum atomic E-state index is 0.155. The molecule has 1 aromatic heterocycles. The van der Waals surface area contributed by atoms with E-state index in [1.165, 1.54) is 5.56 Å². The normalized spacial score (nSPS) is 21.0. The highest BCUT2D eigenvalue weighted by Crippen LogP contribution is 2.36. The van der Waals surface area contributed by atoms with Crippen LogP contribution in [0.25, 0.3) is 0 Å². The lowest BCUT2D eigenvalue weighted by Gasteiger charge is -2.40. The van der Waals surface area contributed by atoms with Gasteiger partial charge in [-0.2, -0.15) is 11.8 Å². The Hall–Kier alpha value is -1.75. The highest BCUT2D eigenvalue weighted by Gasteiger charge is 2.33. The van der Waals surface area contributed by atoms with Crippen LogP contribution in [0.15, 0.2) is 34.9 Å². The zero-order chi connectivity index (χ0) is 17.1. The third-order valence-electron chi connectivity index (χ3n) is 4.72. The number of aryl methyl sites for hydroxylation is 2. The van der Waals surface area contributed by atoms with Gasteiger partial charge in [0.1, 0.15) is 5.76 Å². The van der Waals surface area contributed by atoms with Crippen LogP contribution in [0.5, 0.6) is 0 Å². The van der Waals surface area contributed by atoms with Crippen LogP contribution < -0.4 is 0 Å². The number of carbonyl (C=O) groups is 1. The number of aromatic nitrogens is 1. The number of carbonyl (C=O) groups excluding carboxylic acids is 1. The first-order valence-corrected chi connectivity index (χ1v) is 9.50. The van der Waals surface area contributed by atoms with Gasteiger partial charge in [-0.25, -0.2) is 0 Å². The molecule has 1 aromatic carbocycles. The number of rotatable bonds is 4. The maximum atomic E-state index is 12.9. The predicted molar refractivity (Wildman–Crippen MR) is 97.1 cm³/mol. The smallest absolute Gasteiger partial charge is 0.223 e. The van der Waals surface area contributed by atoms with Crippen molar-refractivity contribution in [2.45, 2.75) is 44.9 Å². The SMILES string of the molecule is Cc1noc(C)c1CCC(=O)N1CCS[C@@H](C)[C@@H]1c1ccccc1. The van der Waals surface area contributed by atoms with E-state index in [9.17, 15) is 4.79 Å². The van der Waals surface area contributed by atoms with Crippen LogP contribution in [0.1, 0.15) is 42.0 Å². The van der Waals surface area contributed by atoms with E-state index in [0.29, 0.717) is 18.1 Å². The molecule has 1 aliphatic heterocycles. The van der Waals surface area contributed by atoms with Gasteiger partial charge in [-0.1, -0.05) is 42.4 Å². The minimum Gasteiger partial charge on any atom is -0.361 e. The molecule has 1 saturated heterocycles. The summed E-state index contributed by atoms with van der Waals surface area (Å²) in [6.45, 7) is 6.87. The number of hydrogen-bond acceptors (Lipinski definition) is 4. The molecule has 5 heteroatoms. The Balaban J connectivity index is 1.74. The van der Waals surface area contributed by atoms with Crippen LogP contribution in [0.3, 0.4) is 0 Å². The number of hydrogen-bond donors (Lipinski definition) is 0. The molecule has 2 atom stereocenters. The van der Waals surface area contributed by atoms with Crippen LogP contribution in [0.2, 0.25) is 0 Å². The standard InChI is InChI=1S/C19H24N2O2S/c1-13-17(14(2)23-20-13)9-10-18(22)21-11-12-24-15(3)19(21)16-7-5-4-6-8-16/h4-8,15,19H,9-12H2,1-3H3/t15-,19+/m0/s1. The minimum absolute atomic E-state index is 0.155. The van der Waals surface area contributed by atoms with Crippen molar-refractivity contribution in [3.05, 3.63) is 52.9 Å². The van der Waals surface area contributed by atoms with Crippen molar-refractivity contribution in [1.82, 2.24) is 10.1 Å². The number of thioether (sulfide) groups is 1. The molecule has 128 valence electrons. The molecule has 0 spiro atoms. The van der Waals surface area contributed by atoms with E-state index in [1.807, 2.05) is 43.8 Å². The van der Waals surface area contributed by atoms with Crippen molar-refractivity contribution in [2.24, 2.45) is 0 Å². The predicted octanol–water partition coefficient (Wildman–Crippen LogP) is 3.93. The third kappa shape index (κ3) is 3.51. The Labute approximate surface area is 147 Å². The fraction of sp³-hybridized carbons (Fsp3) is 0.474. The molecule has 1 amide bonds. The summed E-state index contributed by atoms with van der Waals surface area (Å²) in [5, 5.41) is 4.38. The molecule has 0 saturated carbocycles. The van der Waals surface area contributed by atoms with E-state index in [0.717, 1.165) is 29.3 Å². The van der Waals surface area contributed by atoms with Gasteiger partial charge in [0, 0.05) is 29.5 Å². The second-order valence-electron chi connectivity index (χ2n) is 6.32. The third-order valence-corrected chi connectivity index (χ3v) is 5.93. The van der Waals surface area contributed by atoms with Crippen molar-refractivity contribution in [2.75, 3.05) is 12.3 Å². The molecule has 0 bridgehead atoms. The zero-order valence-electron chi connectivity index (χ0n) is 14.5. The zero-order valence-corrected chi connectivity index (χ0v) is 15.3. The Morgan fingerprint density at radius 2 is 2.08 bits per heavy atom. The van der Waals surface area contributed by atoms with Gasteiger partial charge in [0.25, 0.3) is 0 Å². The van der Waals surface area contributed by atoms with Gasteiger partial charge in [0.2, 0.25) is 5.91 Å². The Morgan fingerprint density at radius 3 is 2.75 bits per heavy atom. The summed E-state index contributed by atoms with van der Waals surface area (Å²) in [4.78, 5) is 15.0. The van der Waals surface area contributed by atoms with E-state index >= 15 is 0 Å². The molecule has 0 radical (unpaired) electrons. The van der Waals surface area contributed by atoms with Gasteiger partial charge in [-0.05, 0) is 25.8 Å². The van der Waals surface area contributed by atoms with Gasteiger partial charge < -0.3 is 9.42 Å². The highest BCUT2D eigenvalue weighted by molar-refractivity contribution is 8.00. The van der Waals surface area contributed by atoms with Gasteiger partial charge in [0.05, 0.1) is 11.7 Å². The summed E-state index contributed by atoms with van der Waals surface area (Å²) in [6.07, 6.45) is 1.20. The average Bonchev–Trinajstić information content (AvgIpc) is 2.91. The molecule has 1 fully saturated rings. The van der Waals surface area contributed by atoms with E-state index in [2.05, 4.69) is 29.1 Å². The second-order valence-corrected chi connectivity index (χ2v) is 7.81. The highest BCUT2D eigenvalue weighted by atomic mass is 32.2. The van der Waals surface area contributed by atoms with E-state index in [-0.39, 0.29) is 11.9 Å². The largest absolute Gasteiger partial charge is 0.361 e. The van der Waals surface area contributed by atoms with E-state index < -0.39 is 0 Å². The Morgan fingerprint density at radius 1 is 1.33 bits per heavy atom. The molecule has 3 rings (SSSR count). The molecular weight excluding hydrogens is 320 g/mol. The Bertz CT molecular complexity index is 679. The van der Waals surface area contributed by atoms with E-state index in [4.69, 9.17) is 4.52 Å². The Kier molecular flexibility index (Phi) is 5.29. The molecule has 24 heavy (non-hydrogen) atoms. The van der Waals surface area contributed by atoms with Crippen LogP contribution in [-0.2, 0) is 11.2 Å². The van der Waals surface area contributed by atoms with Crippen LogP contribution in [-0.4, -0.2) is 33.5 Å². The van der Waals surface area contributed by atoms with Crippen LogP contribution >= 0.6 is 11.8 Å². The summed E-state index contributed by atoms with van der Waals surface area (Å²) < 4.78 is 5.20. The molecule has 0 N–H and O–H groups in total. The molecule has 1 aliphatic rings. The summed E-state index contributed by atoms with van der Waals surface area (Å²) in [6, 6.07) is 10.5. The maximum absolute atomic E-state index is 12.9. The number of amides is 1. The number of nitrogens with zero attached hydrogens (tertiary/aromatic N) is 2. The van der Waals surface area contributed by atoms with Gasteiger partial charge in [-0.15, -0.1) is 0 Å². The first-order chi connectivity index (χ1) is 11.6. The lowest BCUT2D eigenvalue weighted by Crippen LogP contribution is -2.44. The molecule has 0 unspecified atom stereocenters. The molecule has 2 heterocycles. The van der Waals surface area contributed by atoms with Gasteiger partial charge >= 0.3 is 0 Å². The van der Waals surface area contributed by atoms with Crippen LogP contribution in [0, 0.1) is 13.8 Å². The lowest BCUT2D eigenvalue weighted by molar-refractivity contribution is -0.133. The van der Waals surface area contributed by atoms with Crippen molar-refractivity contribution >= 4 is 17.7 Å². The molecule has 4 nitrogen and oxygen atoms in total. The monoisotopic (exact) mass is 344 g/mol. The van der Waals surface area contributed by atoms with E-state index in [1.54, 1.807) is 0 Å². The summed E-state index contributed by atoms with van der Waals surface area (Å²) in [5.41, 5.74) is 3.18. The quantitative estimate of drug-likeness (QED) is 0.843. The number of benzene rings is 1.